The number of nitrogens with one attached hydrogen (secondary N) is 1. The number of anilines is 2. The van der Waals surface area contributed by atoms with Gasteiger partial charge in [-0.3, -0.25) is 4.79 Å². The van der Waals surface area contributed by atoms with Crippen molar-refractivity contribution in [1.29, 1.82) is 0 Å². The van der Waals surface area contributed by atoms with E-state index in [-0.39, 0.29) is 11.9 Å². The van der Waals surface area contributed by atoms with Crippen LogP contribution in [0.2, 0.25) is 0 Å². The Kier molecular flexibility index (Phi) is 4.59. The molecule has 0 bridgehead atoms. The van der Waals surface area contributed by atoms with Gasteiger partial charge in [0, 0.05) is 35.6 Å². The summed E-state index contributed by atoms with van der Waals surface area (Å²) in [5.41, 5.74) is 2.23. The lowest BCUT2D eigenvalue weighted by molar-refractivity contribution is 0.0990. The van der Waals surface area contributed by atoms with Gasteiger partial charge in [-0.2, -0.15) is 0 Å². The van der Waals surface area contributed by atoms with Gasteiger partial charge in [-0.1, -0.05) is 23.9 Å². The highest BCUT2D eigenvalue weighted by Crippen LogP contribution is 2.41. The van der Waals surface area contributed by atoms with E-state index in [0.29, 0.717) is 11.3 Å². The highest BCUT2D eigenvalue weighted by molar-refractivity contribution is 7.99. The van der Waals surface area contributed by atoms with E-state index in [1.54, 1.807) is 23.7 Å². The second kappa shape index (κ2) is 7.03. The Morgan fingerprint density at radius 1 is 1.04 bits per heavy atom. The molecule has 0 aromatic heterocycles. The molecule has 0 unspecified atom stereocenters. The van der Waals surface area contributed by atoms with E-state index in [1.807, 2.05) is 47.4 Å². The zero-order valence-corrected chi connectivity index (χ0v) is 15.5. The lowest BCUT2D eigenvalue weighted by Gasteiger charge is -2.27. The fourth-order valence-electron chi connectivity index (χ4n) is 3.38. The number of amides is 3. The second-order valence-corrected chi connectivity index (χ2v) is 7.71. The molecule has 0 aliphatic carbocycles. The zero-order chi connectivity index (χ0) is 18.1. The highest BCUT2D eigenvalue weighted by atomic mass is 32.2. The van der Waals surface area contributed by atoms with Crippen LogP contribution in [0.15, 0.2) is 52.3 Å². The molecule has 134 valence electrons. The van der Waals surface area contributed by atoms with Crippen LogP contribution in [-0.4, -0.2) is 37.0 Å². The van der Waals surface area contributed by atoms with Gasteiger partial charge in [0.25, 0.3) is 5.91 Å². The number of hydrogen-bond donors (Lipinski definition) is 1. The number of carbonyl (C=O) groups excluding carboxylic acids is 2. The largest absolute Gasteiger partial charge is 0.325 e. The fraction of sp³-hybridized carbons (Fsp3) is 0.300. The first-order valence-corrected chi connectivity index (χ1v) is 9.70. The van der Waals surface area contributed by atoms with Gasteiger partial charge in [-0.25, -0.2) is 4.79 Å². The topological polar surface area (TPSA) is 52.7 Å². The molecule has 2 aliphatic rings. The van der Waals surface area contributed by atoms with Crippen molar-refractivity contribution in [3.05, 3.63) is 48.0 Å². The lowest BCUT2D eigenvalue weighted by atomic mass is 10.1. The standard InChI is InChI=1S/C20H21N3O2S/c1-22-16-13-14(21-20(25)23-11-5-2-6-12-23)9-10-18(16)26-17-8-4-3-7-15(17)19(22)24/h3-4,7-10,13H,2,5-6,11-12H2,1H3,(H,21,25). The molecule has 26 heavy (non-hydrogen) atoms. The van der Waals surface area contributed by atoms with Crippen LogP contribution in [0.4, 0.5) is 16.2 Å². The molecule has 1 saturated heterocycles. The summed E-state index contributed by atoms with van der Waals surface area (Å²) >= 11 is 1.58. The summed E-state index contributed by atoms with van der Waals surface area (Å²) in [7, 11) is 1.78. The Morgan fingerprint density at radius 2 is 1.81 bits per heavy atom. The number of benzene rings is 2. The van der Waals surface area contributed by atoms with Crippen molar-refractivity contribution in [3.63, 3.8) is 0 Å². The first-order valence-electron chi connectivity index (χ1n) is 8.88. The van der Waals surface area contributed by atoms with Crippen molar-refractivity contribution in [2.75, 3.05) is 30.4 Å². The normalized spacial score (nSPS) is 16.6. The van der Waals surface area contributed by atoms with E-state index in [2.05, 4.69) is 5.32 Å². The fourth-order valence-corrected chi connectivity index (χ4v) is 4.47. The molecule has 2 aromatic rings. The molecule has 5 nitrogen and oxygen atoms in total. The maximum atomic E-state index is 12.8. The summed E-state index contributed by atoms with van der Waals surface area (Å²) < 4.78 is 0. The average molecular weight is 367 g/mol. The molecule has 0 spiro atoms. The monoisotopic (exact) mass is 367 g/mol. The van der Waals surface area contributed by atoms with Crippen LogP contribution in [0, 0.1) is 0 Å². The van der Waals surface area contributed by atoms with Crippen LogP contribution in [-0.2, 0) is 0 Å². The Bertz CT molecular complexity index is 862. The second-order valence-electron chi connectivity index (χ2n) is 6.62. The summed E-state index contributed by atoms with van der Waals surface area (Å²) in [6.45, 7) is 1.61. The average Bonchev–Trinajstić information content (AvgIpc) is 2.78. The number of hydrogen-bond acceptors (Lipinski definition) is 3. The van der Waals surface area contributed by atoms with Crippen molar-refractivity contribution in [2.45, 2.75) is 29.1 Å². The van der Waals surface area contributed by atoms with Gasteiger partial charge >= 0.3 is 6.03 Å². The molecule has 4 rings (SSSR count). The molecular weight excluding hydrogens is 346 g/mol. The molecule has 2 aromatic carbocycles. The van der Waals surface area contributed by atoms with E-state index in [0.717, 1.165) is 41.4 Å². The third-order valence-electron chi connectivity index (χ3n) is 4.86. The number of urea groups is 1. The van der Waals surface area contributed by atoms with Gasteiger partial charge in [-0.15, -0.1) is 0 Å². The predicted octanol–water partition coefficient (Wildman–Crippen LogP) is 4.45. The highest BCUT2D eigenvalue weighted by Gasteiger charge is 2.25. The Balaban J connectivity index is 1.61. The summed E-state index contributed by atoms with van der Waals surface area (Å²) in [5.74, 6) is -0.0358. The molecule has 0 radical (unpaired) electrons. The first kappa shape index (κ1) is 17.0. The molecule has 6 heteroatoms. The SMILES string of the molecule is CN1C(=O)c2ccccc2Sc2ccc(NC(=O)N3CCCCC3)cc21. The number of likely N-dealkylation sites (tertiary alicyclic amines) is 1. The Morgan fingerprint density at radius 3 is 2.62 bits per heavy atom. The minimum atomic E-state index is -0.0665. The zero-order valence-electron chi connectivity index (χ0n) is 14.7. The molecule has 0 saturated carbocycles. The predicted molar refractivity (Wildman–Crippen MR) is 104 cm³/mol. The van der Waals surface area contributed by atoms with Crippen LogP contribution < -0.4 is 10.2 Å². The van der Waals surface area contributed by atoms with Crippen LogP contribution in [0.5, 0.6) is 0 Å². The quantitative estimate of drug-likeness (QED) is 0.810. The smallest absolute Gasteiger partial charge is 0.321 e. The minimum Gasteiger partial charge on any atom is -0.325 e. The number of nitrogens with zero attached hydrogens (tertiary/aromatic N) is 2. The molecule has 1 fully saturated rings. The molecule has 2 aliphatic heterocycles. The lowest BCUT2D eigenvalue weighted by Crippen LogP contribution is -2.38. The van der Waals surface area contributed by atoms with Gasteiger partial charge < -0.3 is 15.1 Å². The molecule has 3 amide bonds. The first-order chi connectivity index (χ1) is 12.6. The van der Waals surface area contributed by atoms with Crippen LogP contribution >= 0.6 is 11.8 Å². The molecule has 0 atom stereocenters. The van der Waals surface area contributed by atoms with Gasteiger partial charge in [-0.05, 0) is 49.6 Å². The summed E-state index contributed by atoms with van der Waals surface area (Å²) in [6.07, 6.45) is 3.31. The van der Waals surface area contributed by atoms with E-state index in [4.69, 9.17) is 0 Å². The molecular formula is C20H21N3O2S. The maximum Gasteiger partial charge on any atom is 0.321 e. The van der Waals surface area contributed by atoms with Crippen molar-refractivity contribution >= 4 is 35.1 Å². The summed E-state index contributed by atoms with van der Waals surface area (Å²) in [5, 5.41) is 2.98. The van der Waals surface area contributed by atoms with Crippen LogP contribution in [0.3, 0.4) is 0 Å². The summed E-state index contributed by atoms with van der Waals surface area (Å²) in [4.78, 5) is 30.7. The number of carbonyl (C=O) groups is 2. The van der Waals surface area contributed by atoms with Gasteiger partial charge in [0.15, 0.2) is 0 Å². The van der Waals surface area contributed by atoms with Crippen molar-refractivity contribution in [1.82, 2.24) is 4.90 Å². The van der Waals surface area contributed by atoms with Crippen molar-refractivity contribution in [2.24, 2.45) is 0 Å². The van der Waals surface area contributed by atoms with E-state index in [1.165, 1.54) is 6.42 Å². The third-order valence-corrected chi connectivity index (χ3v) is 6.00. The number of piperidine rings is 1. The Hall–Kier alpha value is -2.47. The van der Waals surface area contributed by atoms with E-state index >= 15 is 0 Å². The van der Waals surface area contributed by atoms with Gasteiger partial charge in [0.1, 0.15) is 0 Å². The van der Waals surface area contributed by atoms with Gasteiger partial charge in [0.05, 0.1) is 11.3 Å². The van der Waals surface area contributed by atoms with E-state index < -0.39 is 0 Å². The van der Waals surface area contributed by atoms with Crippen molar-refractivity contribution in [3.8, 4) is 0 Å². The minimum absolute atomic E-state index is 0.0358. The number of fused-ring (bicyclic) bond motifs is 2. The molecule has 1 N–H and O–H groups in total. The Labute approximate surface area is 157 Å². The number of rotatable bonds is 1. The van der Waals surface area contributed by atoms with Crippen LogP contribution in [0.1, 0.15) is 29.6 Å². The van der Waals surface area contributed by atoms with E-state index in [9.17, 15) is 9.59 Å². The van der Waals surface area contributed by atoms with Crippen LogP contribution in [0.25, 0.3) is 0 Å². The molecule has 2 heterocycles. The summed E-state index contributed by atoms with van der Waals surface area (Å²) in [6, 6.07) is 13.3. The maximum absolute atomic E-state index is 12.8. The van der Waals surface area contributed by atoms with Crippen molar-refractivity contribution < 1.29 is 9.59 Å². The third kappa shape index (κ3) is 3.17. The van der Waals surface area contributed by atoms with Gasteiger partial charge in [0.2, 0.25) is 0 Å².